The second kappa shape index (κ2) is 7.64. The van der Waals surface area contributed by atoms with Crippen LogP contribution in [0.15, 0.2) is 28.7 Å². The van der Waals surface area contributed by atoms with Crippen LogP contribution in [0.2, 0.25) is 0 Å². The monoisotopic (exact) mass is 351 g/mol. The largest absolute Gasteiger partial charge is 0.478 e. The molecule has 4 heteroatoms. The Hall–Kier alpha value is -1.29. The van der Waals surface area contributed by atoms with Crippen molar-refractivity contribution in [1.29, 1.82) is 0 Å². The second-order valence-electron chi connectivity index (χ2n) is 5.59. The van der Waals surface area contributed by atoms with Crippen LogP contribution in [0, 0.1) is 5.92 Å². The highest BCUT2D eigenvalue weighted by atomic mass is 79.9. The molecule has 0 unspecified atom stereocenters. The summed E-state index contributed by atoms with van der Waals surface area (Å²) in [5.41, 5.74) is 2.09. The van der Waals surface area contributed by atoms with E-state index in [1.807, 2.05) is 12.1 Å². The van der Waals surface area contributed by atoms with E-state index in [1.165, 1.54) is 31.8 Å². The number of carboxylic acid groups (broad SMARTS) is 1. The Morgan fingerprint density at radius 3 is 2.76 bits per heavy atom. The molecule has 114 valence electrons. The standard InChI is InChI=1S/C17H22BrNO2/c1-2-3-13-8-10-19(11-9-13)16-12-15(18)6-4-14(16)5-7-17(20)21/h4-7,12-13H,2-3,8-11H2,1H3,(H,20,21). The SMILES string of the molecule is CCCC1CCN(c2cc(Br)ccc2C=CC(=O)O)CC1. The highest BCUT2D eigenvalue weighted by molar-refractivity contribution is 9.10. The summed E-state index contributed by atoms with van der Waals surface area (Å²) in [5, 5.41) is 8.81. The van der Waals surface area contributed by atoms with Crippen molar-refractivity contribution < 1.29 is 9.90 Å². The molecule has 0 bridgehead atoms. The number of piperidine rings is 1. The van der Waals surface area contributed by atoms with E-state index in [0.29, 0.717) is 0 Å². The Morgan fingerprint density at radius 2 is 2.14 bits per heavy atom. The first-order chi connectivity index (χ1) is 10.1. The fourth-order valence-electron chi connectivity index (χ4n) is 2.96. The lowest BCUT2D eigenvalue weighted by Gasteiger charge is -2.34. The normalized spacial score (nSPS) is 16.6. The highest BCUT2D eigenvalue weighted by Crippen LogP contribution is 2.31. The summed E-state index contributed by atoms with van der Waals surface area (Å²) in [7, 11) is 0. The number of carbonyl (C=O) groups is 1. The van der Waals surface area contributed by atoms with Gasteiger partial charge in [-0.3, -0.25) is 0 Å². The molecule has 0 aromatic heterocycles. The lowest BCUT2D eigenvalue weighted by atomic mass is 9.92. The van der Waals surface area contributed by atoms with Crippen LogP contribution in [0.4, 0.5) is 5.69 Å². The molecule has 2 rings (SSSR count). The Labute approximate surface area is 134 Å². The van der Waals surface area contributed by atoms with Crippen molar-refractivity contribution in [2.75, 3.05) is 18.0 Å². The number of hydrogen-bond acceptors (Lipinski definition) is 2. The topological polar surface area (TPSA) is 40.5 Å². The smallest absolute Gasteiger partial charge is 0.328 e. The molecule has 0 saturated carbocycles. The van der Waals surface area contributed by atoms with E-state index < -0.39 is 5.97 Å². The van der Waals surface area contributed by atoms with Crippen molar-refractivity contribution in [3.63, 3.8) is 0 Å². The third kappa shape index (κ3) is 4.60. The summed E-state index contributed by atoms with van der Waals surface area (Å²) >= 11 is 3.51. The molecular weight excluding hydrogens is 330 g/mol. The number of benzene rings is 1. The first-order valence-corrected chi connectivity index (χ1v) is 8.35. The Bertz CT molecular complexity index is 520. The Balaban J connectivity index is 2.15. The van der Waals surface area contributed by atoms with Gasteiger partial charge < -0.3 is 10.0 Å². The molecule has 1 aliphatic heterocycles. The fourth-order valence-corrected chi connectivity index (χ4v) is 3.31. The van der Waals surface area contributed by atoms with Gasteiger partial charge >= 0.3 is 5.97 Å². The third-order valence-electron chi connectivity index (χ3n) is 4.05. The van der Waals surface area contributed by atoms with Gasteiger partial charge in [-0.2, -0.15) is 0 Å². The van der Waals surface area contributed by atoms with Gasteiger partial charge in [0.05, 0.1) is 0 Å². The summed E-state index contributed by atoms with van der Waals surface area (Å²) in [6.45, 7) is 4.35. The first-order valence-electron chi connectivity index (χ1n) is 7.55. The fraction of sp³-hybridized carbons (Fsp3) is 0.471. The van der Waals surface area contributed by atoms with Gasteiger partial charge in [-0.15, -0.1) is 0 Å². The molecule has 3 nitrogen and oxygen atoms in total. The number of halogens is 1. The van der Waals surface area contributed by atoms with Gasteiger partial charge in [0.1, 0.15) is 0 Å². The summed E-state index contributed by atoms with van der Waals surface area (Å²) in [4.78, 5) is 13.1. The van der Waals surface area contributed by atoms with Gasteiger partial charge in [0.15, 0.2) is 0 Å². The van der Waals surface area contributed by atoms with Crippen LogP contribution in [0.25, 0.3) is 6.08 Å². The molecule has 1 aromatic rings. The van der Waals surface area contributed by atoms with Crippen LogP contribution in [0.1, 0.15) is 38.2 Å². The molecule has 0 radical (unpaired) electrons. The van der Waals surface area contributed by atoms with Gasteiger partial charge in [-0.25, -0.2) is 4.79 Å². The zero-order chi connectivity index (χ0) is 15.2. The van der Waals surface area contributed by atoms with Crippen LogP contribution >= 0.6 is 15.9 Å². The van der Waals surface area contributed by atoms with Crippen LogP contribution in [-0.4, -0.2) is 24.2 Å². The predicted molar refractivity (Wildman–Crippen MR) is 90.7 cm³/mol. The summed E-state index contributed by atoms with van der Waals surface area (Å²) in [5.74, 6) is -0.0677. The number of aliphatic carboxylic acids is 1. The molecule has 1 heterocycles. The Kier molecular flexibility index (Phi) is 5.85. The maximum Gasteiger partial charge on any atom is 0.328 e. The van der Waals surface area contributed by atoms with Gasteiger partial charge in [0.2, 0.25) is 0 Å². The molecule has 21 heavy (non-hydrogen) atoms. The lowest BCUT2D eigenvalue weighted by molar-refractivity contribution is -0.131. The summed E-state index contributed by atoms with van der Waals surface area (Å²) in [6, 6.07) is 6.01. The maximum absolute atomic E-state index is 10.7. The van der Waals surface area contributed by atoms with Crippen molar-refractivity contribution in [3.8, 4) is 0 Å². The van der Waals surface area contributed by atoms with Crippen LogP contribution < -0.4 is 4.90 Å². The number of hydrogen-bond donors (Lipinski definition) is 1. The van der Waals surface area contributed by atoms with Gasteiger partial charge in [0.25, 0.3) is 0 Å². The number of nitrogens with zero attached hydrogens (tertiary/aromatic N) is 1. The molecule has 1 aromatic carbocycles. The molecular formula is C17H22BrNO2. The average molecular weight is 352 g/mol. The molecule has 0 spiro atoms. The van der Waals surface area contributed by atoms with Gasteiger partial charge in [-0.05, 0) is 42.5 Å². The van der Waals surface area contributed by atoms with Crippen molar-refractivity contribution in [2.24, 2.45) is 5.92 Å². The minimum Gasteiger partial charge on any atom is -0.478 e. The molecule has 0 aliphatic carbocycles. The minimum absolute atomic E-state index is 0.844. The molecule has 0 amide bonds. The van der Waals surface area contributed by atoms with Crippen LogP contribution in [-0.2, 0) is 4.79 Å². The molecule has 1 N–H and O–H groups in total. The molecule has 1 aliphatic rings. The van der Waals surface area contributed by atoms with E-state index in [0.717, 1.165) is 34.7 Å². The summed E-state index contributed by atoms with van der Waals surface area (Å²) in [6.07, 6.45) is 7.91. The highest BCUT2D eigenvalue weighted by Gasteiger charge is 2.20. The minimum atomic E-state index is -0.912. The van der Waals surface area contributed by atoms with E-state index in [-0.39, 0.29) is 0 Å². The van der Waals surface area contributed by atoms with Crippen molar-refractivity contribution in [1.82, 2.24) is 0 Å². The quantitative estimate of drug-likeness (QED) is 0.790. The van der Waals surface area contributed by atoms with E-state index in [1.54, 1.807) is 6.08 Å². The number of anilines is 1. The van der Waals surface area contributed by atoms with Crippen molar-refractivity contribution >= 4 is 33.7 Å². The van der Waals surface area contributed by atoms with Crippen LogP contribution in [0.5, 0.6) is 0 Å². The van der Waals surface area contributed by atoms with Crippen molar-refractivity contribution in [2.45, 2.75) is 32.6 Å². The lowest BCUT2D eigenvalue weighted by Crippen LogP contribution is -2.34. The molecule has 1 fully saturated rings. The Morgan fingerprint density at radius 1 is 1.43 bits per heavy atom. The van der Waals surface area contributed by atoms with Gasteiger partial charge in [0, 0.05) is 29.3 Å². The molecule has 1 saturated heterocycles. The number of rotatable bonds is 5. The van der Waals surface area contributed by atoms with E-state index in [2.05, 4.69) is 33.8 Å². The predicted octanol–water partition coefficient (Wildman–Crippen LogP) is 4.56. The third-order valence-corrected chi connectivity index (χ3v) is 4.54. The van der Waals surface area contributed by atoms with Crippen LogP contribution in [0.3, 0.4) is 0 Å². The van der Waals surface area contributed by atoms with E-state index in [4.69, 9.17) is 5.11 Å². The zero-order valence-corrected chi connectivity index (χ0v) is 14.0. The number of carboxylic acids is 1. The maximum atomic E-state index is 10.7. The van der Waals surface area contributed by atoms with E-state index in [9.17, 15) is 4.79 Å². The second-order valence-corrected chi connectivity index (χ2v) is 6.51. The summed E-state index contributed by atoms with van der Waals surface area (Å²) < 4.78 is 1.03. The first kappa shape index (κ1) is 16.1. The average Bonchev–Trinajstić information content (AvgIpc) is 2.47. The zero-order valence-electron chi connectivity index (χ0n) is 12.4. The van der Waals surface area contributed by atoms with E-state index >= 15 is 0 Å². The van der Waals surface area contributed by atoms with Crippen molar-refractivity contribution in [3.05, 3.63) is 34.3 Å². The van der Waals surface area contributed by atoms with Gasteiger partial charge in [-0.1, -0.05) is 41.8 Å². The molecule has 0 atom stereocenters.